The van der Waals surface area contributed by atoms with Gasteiger partial charge in [0.25, 0.3) is 0 Å². The standard InChI is InChI=1S/C14H22N2O3/c1-9-13(17)15-6-3-4-12(15)14(18)16(9)8-11-5-7-19-10(11)2/h9-12H,3-8H2,1-2H3. The van der Waals surface area contributed by atoms with Crippen molar-refractivity contribution in [2.75, 3.05) is 19.7 Å². The van der Waals surface area contributed by atoms with Gasteiger partial charge in [-0.3, -0.25) is 9.59 Å². The Morgan fingerprint density at radius 3 is 2.68 bits per heavy atom. The lowest BCUT2D eigenvalue weighted by molar-refractivity contribution is -0.159. The van der Waals surface area contributed by atoms with E-state index in [-0.39, 0.29) is 30.0 Å². The van der Waals surface area contributed by atoms with E-state index < -0.39 is 0 Å². The Morgan fingerprint density at radius 1 is 1.21 bits per heavy atom. The molecule has 0 aromatic rings. The molecule has 0 aromatic carbocycles. The number of rotatable bonds is 2. The fourth-order valence-corrected chi connectivity index (χ4v) is 3.56. The van der Waals surface area contributed by atoms with Crippen LogP contribution in [-0.2, 0) is 14.3 Å². The topological polar surface area (TPSA) is 49.9 Å². The van der Waals surface area contributed by atoms with Crippen LogP contribution in [0.25, 0.3) is 0 Å². The van der Waals surface area contributed by atoms with Gasteiger partial charge in [0.2, 0.25) is 11.8 Å². The number of hydrogen-bond acceptors (Lipinski definition) is 3. The van der Waals surface area contributed by atoms with E-state index in [0.717, 1.165) is 32.4 Å². The number of piperazine rings is 1. The zero-order valence-electron chi connectivity index (χ0n) is 11.7. The van der Waals surface area contributed by atoms with Gasteiger partial charge in [-0.1, -0.05) is 0 Å². The molecule has 3 saturated heterocycles. The predicted molar refractivity (Wildman–Crippen MR) is 69.4 cm³/mol. The molecular formula is C14H22N2O3. The van der Waals surface area contributed by atoms with Crippen molar-refractivity contribution >= 4 is 11.8 Å². The number of nitrogens with zero attached hydrogens (tertiary/aromatic N) is 2. The molecule has 5 heteroatoms. The Kier molecular flexibility index (Phi) is 3.25. The molecule has 5 nitrogen and oxygen atoms in total. The monoisotopic (exact) mass is 266 g/mol. The molecular weight excluding hydrogens is 244 g/mol. The molecule has 4 atom stereocenters. The minimum Gasteiger partial charge on any atom is -0.378 e. The van der Waals surface area contributed by atoms with Crippen molar-refractivity contribution in [2.45, 2.75) is 51.3 Å². The molecule has 2 amide bonds. The first-order valence-corrected chi connectivity index (χ1v) is 7.32. The van der Waals surface area contributed by atoms with Gasteiger partial charge in [0, 0.05) is 25.6 Å². The first-order chi connectivity index (χ1) is 9.09. The summed E-state index contributed by atoms with van der Waals surface area (Å²) in [6, 6.07) is -0.504. The molecule has 0 aliphatic carbocycles. The number of ether oxygens (including phenoxy) is 1. The lowest BCUT2D eigenvalue weighted by atomic mass is 9.98. The molecule has 19 heavy (non-hydrogen) atoms. The van der Waals surface area contributed by atoms with Crippen molar-refractivity contribution in [1.82, 2.24) is 9.80 Å². The van der Waals surface area contributed by atoms with Gasteiger partial charge in [-0.25, -0.2) is 0 Å². The van der Waals surface area contributed by atoms with E-state index in [1.54, 1.807) is 9.80 Å². The third-order valence-corrected chi connectivity index (χ3v) is 4.89. The molecule has 3 fully saturated rings. The molecule has 106 valence electrons. The molecule has 0 bridgehead atoms. The van der Waals surface area contributed by atoms with Crippen LogP contribution in [-0.4, -0.2) is 59.5 Å². The molecule has 0 saturated carbocycles. The van der Waals surface area contributed by atoms with E-state index in [1.807, 2.05) is 6.92 Å². The van der Waals surface area contributed by atoms with Crippen molar-refractivity contribution in [3.8, 4) is 0 Å². The Labute approximate surface area is 113 Å². The lowest BCUT2D eigenvalue weighted by Crippen LogP contribution is -2.62. The highest BCUT2D eigenvalue weighted by atomic mass is 16.5. The maximum Gasteiger partial charge on any atom is 0.246 e. The Hall–Kier alpha value is -1.10. The van der Waals surface area contributed by atoms with Crippen LogP contribution in [0.3, 0.4) is 0 Å². The molecule has 3 aliphatic heterocycles. The number of amides is 2. The summed E-state index contributed by atoms with van der Waals surface area (Å²) in [6.07, 6.45) is 2.95. The highest BCUT2D eigenvalue weighted by molar-refractivity contribution is 5.97. The minimum atomic E-state index is -0.311. The van der Waals surface area contributed by atoms with E-state index in [2.05, 4.69) is 6.92 Å². The van der Waals surface area contributed by atoms with Gasteiger partial charge in [-0.15, -0.1) is 0 Å². The molecule has 0 aromatic heterocycles. The summed E-state index contributed by atoms with van der Waals surface area (Å²) in [6.45, 7) is 6.09. The Bertz CT molecular complexity index is 398. The summed E-state index contributed by atoms with van der Waals surface area (Å²) in [5.41, 5.74) is 0. The highest BCUT2D eigenvalue weighted by Gasteiger charge is 2.46. The number of carbonyl (C=O) groups excluding carboxylic acids is 2. The van der Waals surface area contributed by atoms with Gasteiger partial charge in [0.1, 0.15) is 12.1 Å². The van der Waals surface area contributed by atoms with Gasteiger partial charge in [-0.2, -0.15) is 0 Å². The van der Waals surface area contributed by atoms with E-state index >= 15 is 0 Å². The Morgan fingerprint density at radius 2 is 2.00 bits per heavy atom. The van der Waals surface area contributed by atoms with Crippen LogP contribution in [0.5, 0.6) is 0 Å². The Balaban J connectivity index is 1.76. The van der Waals surface area contributed by atoms with Gasteiger partial charge >= 0.3 is 0 Å². The summed E-state index contributed by atoms with van der Waals surface area (Å²) in [5, 5.41) is 0. The van der Waals surface area contributed by atoms with Crippen LogP contribution in [0.1, 0.15) is 33.1 Å². The normalized spacial score (nSPS) is 39.1. The van der Waals surface area contributed by atoms with Crippen LogP contribution < -0.4 is 0 Å². The van der Waals surface area contributed by atoms with Crippen LogP contribution in [0.4, 0.5) is 0 Å². The third-order valence-electron chi connectivity index (χ3n) is 4.89. The van der Waals surface area contributed by atoms with Crippen molar-refractivity contribution in [3.63, 3.8) is 0 Å². The summed E-state index contributed by atoms with van der Waals surface area (Å²) < 4.78 is 5.56. The molecule has 0 radical (unpaired) electrons. The van der Waals surface area contributed by atoms with Gasteiger partial charge in [0.15, 0.2) is 0 Å². The molecule has 3 heterocycles. The minimum absolute atomic E-state index is 0.119. The number of carbonyl (C=O) groups is 2. The maximum atomic E-state index is 12.5. The smallest absolute Gasteiger partial charge is 0.246 e. The van der Waals surface area contributed by atoms with Crippen molar-refractivity contribution in [3.05, 3.63) is 0 Å². The average molecular weight is 266 g/mol. The first-order valence-electron chi connectivity index (χ1n) is 7.32. The second-order valence-electron chi connectivity index (χ2n) is 5.98. The zero-order chi connectivity index (χ0) is 13.6. The van der Waals surface area contributed by atoms with Crippen LogP contribution in [0.15, 0.2) is 0 Å². The number of fused-ring (bicyclic) bond motifs is 1. The third kappa shape index (κ3) is 2.04. The van der Waals surface area contributed by atoms with Crippen molar-refractivity contribution in [2.24, 2.45) is 5.92 Å². The SMILES string of the molecule is CC1OCCC1CN1C(=O)C2CCCN2C(=O)C1C. The largest absolute Gasteiger partial charge is 0.378 e. The van der Waals surface area contributed by atoms with Crippen LogP contribution in [0, 0.1) is 5.92 Å². The molecule has 3 rings (SSSR count). The second-order valence-corrected chi connectivity index (χ2v) is 5.98. The van der Waals surface area contributed by atoms with E-state index in [9.17, 15) is 9.59 Å². The predicted octanol–water partition coefficient (Wildman–Crippen LogP) is 0.633. The quantitative estimate of drug-likeness (QED) is 0.737. The lowest BCUT2D eigenvalue weighted by Gasteiger charge is -2.42. The van der Waals surface area contributed by atoms with Crippen LogP contribution >= 0.6 is 0 Å². The summed E-state index contributed by atoms with van der Waals surface area (Å²) in [7, 11) is 0. The number of hydrogen-bond donors (Lipinski definition) is 0. The summed E-state index contributed by atoms with van der Waals surface area (Å²) in [5.74, 6) is 0.629. The van der Waals surface area contributed by atoms with Crippen molar-refractivity contribution in [1.29, 1.82) is 0 Å². The highest BCUT2D eigenvalue weighted by Crippen LogP contribution is 2.29. The maximum absolute atomic E-state index is 12.5. The molecule has 0 spiro atoms. The zero-order valence-corrected chi connectivity index (χ0v) is 11.7. The molecule has 4 unspecified atom stereocenters. The first kappa shape index (κ1) is 12.9. The van der Waals surface area contributed by atoms with Gasteiger partial charge in [-0.05, 0) is 33.1 Å². The summed E-state index contributed by atoms with van der Waals surface area (Å²) in [4.78, 5) is 28.4. The average Bonchev–Trinajstić information content (AvgIpc) is 3.01. The van der Waals surface area contributed by atoms with Gasteiger partial charge in [0.05, 0.1) is 6.10 Å². The van der Waals surface area contributed by atoms with Gasteiger partial charge < -0.3 is 14.5 Å². The van der Waals surface area contributed by atoms with Crippen LogP contribution in [0.2, 0.25) is 0 Å². The summed E-state index contributed by atoms with van der Waals surface area (Å²) >= 11 is 0. The van der Waals surface area contributed by atoms with Crippen molar-refractivity contribution < 1.29 is 14.3 Å². The van der Waals surface area contributed by atoms with E-state index in [1.165, 1.54) is 0 Å². The fraction of sp³-hybridized carbons (Fsp3) is 0.857. The van der Waals surface area contributed by atoms with E-state index in [0.29, 0.717) is 12.5 Å². The second kappa shape index (κ2) is 4.78. The van der Waals surface area contributed by atoms with E-state index in [4.69, 9.17) is 4.74 Å². The fourth-order valence-electron chi connectivity index (χ4n) is 3.56. The molecule has 3 aliphatic rings. The molecule has 0 N–H and O–H groups in total.